The van der Waals surface area contributed by atoms with Crippen LogP contribution in [0, 0.1) is 13.8 Å². The molecule has 0 saturated carbocycles. The topological polar surface area (TPSA) is 83.5 Å². The summed E-state index contributed by atoms with van der Waals surface area (Å²) in [6.45, 7) is 3.90. The molecule has 5 rings (SSSR count). The van der Waals surface area contributed by atoms with Gasteiger partial charge in [-0.1, -0.05) is 71.3 Å². The molecule has 1 heterocycles. The molecule has 2 N–H and O–H groups in total. The Morgan fingerprint density at radius 1 is 0.895 bits per heavy atom. The van der Waals surface area contributed by atoms with Crippen LogP contribution in [0.15, 0.2) is 96.1 Å². The van der Waals surface area contributed by atoms with Crippen LogP contribution < -0.4 is 10.2 Å². The van der Waals surface area contributed by atoms with Crippen molar-refractivity contribution in [3.05, 3.63) is 124 Å². The molecular formula is C31H24ClN3O3. The third-order valence-corrected chi connectivity index (χ3v) is 6.40. The average molecular weight is 522 g/mol. The number of carbonyl (C=O) groups excluding carboxylic acids is 2. The number of aromatic amines is 1. The van der Waals surface area contributed by atoms with E-state index in [-0.39, 0.29) is 0 Å². The predicted octanol–water partition coefficient (Wildman–Crippen LogP) is 7.09. The second kappa shape index (κ2) is 10.7. The number of carbonyl (C=O) groups is 2. The highest BCUT2D eigenvalue weighted by Crippen LogP contribution is 2.37. The van der Waals surface area contributed by atoms with Gasteiger partial charge in [0.1, 0.15) is 11.4 Å². The number of aryl methyl sites for hydroxylation is 2. The number of aromatic nitrogens is 1. The number of hydrogen-bond acceptors (Lipinski definition) is 4. The van der Waals surface area contributed by atoms with Crippen LogP contribution in [0.5, 0.6) is 5.75 Å². The molecule has 6 nitrogen and oxygen atoms in total. The highest BCUT2D eigenvalue weighted by atomic mass is 35.5. The van der Waals surface area contributed by atoms with Crippen LogP contribution in [-0.2, 0) is 0 Å². The van der Waals surface area contributed by atoms with Crippen LogP contribution in [0.2, 0.25) is 5.02 Å². The van der Waals surface area contributed by atoms with Crippen LogP contribution in [0.3, 0.4) is 0 Å². The first kappa shape index (κ1) is 25.0. The standard InChI is InChI=1S/C31H24ClN3O3/c1-19-8-7-10-21(16-19)31(37)38-27-13-6-3-9-22(27)18-33-35-30(36)29-28(23-11-4-5-12-25(23)32)24-17-20(2)14-15-26(24)34-29/h3-18,34H,1-2H3,(H,35,36). The number of ether oxygens (including phenoxy) is 1. The number of fused-ring (bicyclic) bond motifs is 1. The zero-order valence-electron chi connectivity index (χ0n) is 20.8. The van der Waals surface area contributed by atoms with Crippen LogP contribution in [0.1, 0.15) is 37.5 Å². The minimum Gasteiger partial charge on any atom is -0.422 e. The number of nitrogens with one attached hydrogen (secondary N) is 2. The fraction of sp³-hybridized carbons (Fsp3) is 0.0645. The fourth-order valence-electron chi connectivity index (χ4n) is 4.25. The lowest BCUT2D eigenvalue weighted by atomic mass is 10.0. The second-order valence-corrected chi connectivity index (χ2v) is 9.31. The monoisotopic (exact) mass is 521 g/mol. The molecule has 0 spiro atoms. The molecule has 0 aliphatic heterocycles. The Hall–Kier alpha value is -4.68. The highest BCUT2D eigenvalue weighted by molar-refractivity contribution is 6.34. The Bertz CT molecular complexity index is 1700. The summed E-state index contributed by atoms with van der Waals surface area (Å²) < 4.78 is 5.61. The Morgan fingerprint density at radius 3 is 2.47 bits per heavy atom. The molecule has 38 heavy (non-hydrogen) atoms. The van der Waals surface area contributed by atoms with Crippen molar-refractivity contribution in [3.63, 3.8) is 0 Å². The number of rotatable bonds is 6. The van der Waals surface area contributed by atoms with E-state index in [2.05, 4.69) is 15.5 Å². The first-order valence-electron chi connectivity index (χ1n) is 12.0. The number of H-pyrrole nitrogens is 1. The van der Waals surface area contributed by atoms with Gasteiger partial charge in [0.25, 0.3) is 5.91 Å². The molecule has 0 aliphatic carbocycles. The number of amides is 1. The number of nitrogens with zero attached hydrogens (tertiary/aromatic N) is 1. The molecule has 0 aliphatic rings. The van der Waals surface area contributed by atoms with E-state index in [0.717, 1.165) is 27.6 Å². The molecule has 0 fully saturated rings. The van der Waals surface area contributed by atoms with Gasteiger partial charge in [-0.3, -0.25) is 4.79 Å². The normalized spacial score (nSPS) is 11.1. The lowest BCUT2D eigenvalue weighted by Gasteiger charge is -2.08. The maximum Gasteiger partial charge on any atom is 0.343 e. The molecule has 0 bridgehead atoms. The number of hydrazone groups is 1. The van der Waals surface area contributed by atoms with Crippen molar-refractivity contribution in [2.24, 2.45) is 5.10 Å². The molecule has 0 atom stereocenters. The van der Waals surface area contributed by atoms with E-state index in [9.17, 15) is 9.59 Å². The van der Waals surface area contributed by atoms with Crippen molar-refractivity contribution in [1.82, 2.24) is 10.4 Å². The molecule has 7 heteroatoms. The number of esters is 1. The van der Waals surface area contributed by atoms with Crippen molar-refractivity contribution in [3.8, 4) is 16.9 Å². The molecule has 188 valence electrons. The minimum atomic E-state index is -0.476. The van der Waals surface area contributed by atoms with Gasteiger partial charge in [-0.25, -0.2) is 10.2 Å². The number of halogens is 1. The lowest BCUT2D eigenvalue weighted by molar-refractivity contribution is 0.0734. The molecule has 0 unspecified atom stereocenters. The molecule has 1 amide bonds. The van der Waals surface area contributed by atoms with Crippen LogP contribution in [0.4, 0.5) is 0 Å². The minimum absolute atomic E-state index is 0.329. The third kappa shape index (κ3) is 5.21. The Labute approximate surface area is 224 Å². The van der Waals surface area contributed by atoms with Crippen molar-refractivity contribution in [1.29, 1.82) is 0 Å². The van der Waals surface area contributed by atoms with E-state index >= 15 is 0 Å². The lowest BCUT2D eigenvalue weighted by Crippen LogP contribution is -2.19. The van der Waals surface area contributed by atoms with Crippen molar-refractivity contribution < 1.29 is 14.3 Å². The average Bonchev–Trinajstić information content (AvgIpc) is 3.28. The van der Waals surface area contributed by atoms with E-state index in [1.54, 1.807) is 48.5 Å². The summed E-state index contributed by atoms with van der Waals surface area (Å²) in [7, 11) is 0. The number of hydrogen-bond donors (Lipinski definition) is 2. The number of benzene rings is 4. The van der Waals surface area contributed by atoms with Crippen molar-refractivity contribution in [2.75, 3.05) is 0 Å². The summed E-state index contributed by atoms with van der Waals surface area (Å²) in [5, 5.41) is 5.58. The molecule has 0 radical (unpaired) electrons. The van der Waals surface area contributed by atoms with E-state index in [1.165, 1.54) is 6.21 Å². The largest absolute Gasteiger partial charge is 0.422 e. The van der Waals surface area contributed by atoms with Crippen molar-refractivity contribution in [2.45, 2.75) is 13.8 Å². The summed E-state index contributed by atoms with van der Waals surface area (Å²) >= 11 is 6.51. The van der Waals surface area contributed by atoms with E-state index < -0.39 is 11.9 Å². The molecule has 1 aromatic heterocycles. The van der Waals surface area contributed by atoms with E-state index in [0.29, 0.717) is 33.2 Å². The highest BCUT2D eigenvalue weighted by Gasteiger charge is 2.21. The Morgan fingerprint density at radius 2 is 1.66 bits per heavy atom. The van der Waals surface area contributed by atoms with Gasteiger partial charge in [0.15, 0.2) is 0 Å². The zero-order chi connectivity index (χ0) is 26.6. The smallest absolute Gasteiger partial charge is 0.343 e. The van der Waals surface area contributed by atoms with Gasteiger partial charge < -0.3 is 9.72 Å². The molecular weight excluding hydrogens is 498 g/mol. The number of para-hydroxylation sites is 1. The predicted molar refractivity (Wildman–Crippen MR) is 151 cm³/mol. The van der Waals surface area contributed by atoms with Crippen LogP contribution >= 0.6 is 11.6 Å². The first-order valence-corrected chi connectivity index (χ1v) is 12.4. The summed E-state index contributed by atoms with van der Waals surface area (Å²) in [6, 6.07) is 27.5. The SMILES string of the molecule is Cc1cccc(C(=O)Oc2ccccc2C=NNC(=O)c2[nH]c3ccc(C)cc3c2-c2ccccc2Cl)c1. The Kier molecular flexibility index (Phi) is 7.07. The maximum absolute atomic E-state index is 13.3. The van der Waals surface area contributed by atoms with E-state index in [1.807, 2.05) is 56.3 Å². The van der Waals surface area contributed by atoms with Crippen LogP contribution in [-0.4, -0.2) is 23.1 Å². The molecule has 4 aromatic carbocycles. The van der Waals surface area contributed by atoms with Gasteiger partial charge >= 0.3 is 5.97 Å². The quantitative estimate of drug-likeness (QED) is 0.108. The Balaban J connectivity index is 1.41. The summed E-state index contributed by atoms with van der Waals surface area (Å²) in [5.41, 5.74) is 8.20. The summed E-state index contributed by atoms with van der Waals surface area (Å²) in [6.07, 6.45) is 1.44. The van der Waals surface area contributed by atoms with Gasteiger partial charge in [-0.15, -0.1) is 0 Å². The fourth-order valence-corrected chi connectivity index (χ4v) is 4.48. The van der Waals surface area contributed by atoms with Gasteiger partial charge in [0, 0.05) is 32.6 Å². The van der Waals surface area contributed by atoms with Crippen molar-refractivity contribution >= 4 is 40.6 Å². The van der Waals surface area contributed by atoms with Crippen LogP contribution in [0.25, 0.3) is 22.0 Å². The van der Waals surface area contributed by atoms with Gasteiger partial charge in [0.05, 0.1) is 11.8 Å². The third-order valence-electron chi connectivity index (χ3n) is 6.07. The van der Waals surface area contributed by atoms with E-state index in [4.69, 9.17) is 16.3 Å². The van der Waals surface area contributed by atoms with Gasteiger partial charge in [-0.2, -0.15) is 5.10 Å². The summed E-state index contributed by atoms with van der Waals surface area (Å²) in [5.74, 6) is -0.578. The first-order chi connectivity index (χ1) is 18.4. The molecule has 5 aromatic rings. The summed E-state index contributed by atoms with van der Waals surface area (Å²) in [4.78, 5) is 29.1. The van der Waals surface area contributed by atoms with Gasteiger partial charge in [-0.05, 0) is 56.3 Å². The second-order valence-electron chi connectivity index (χ2n) is 8.90. The zero-order valence-corrected chi connectivity index (χ0v) is 21.5. The maximum atomic E-state index is 13.3. The van der Waals surface area contributed by atoms with Gasteiger partial charge in [0.2, 0.25) is 0 Å². The molecule has 0 saturated heterocycles.